The summed E-state index contributed by atoms with van der Waals surface area (Å²) in [4.78, 5) is 46.1. The zero-order chi connectivity index (χ0) is 25.0. The number of likely N-dealkylation sites (N-methyl/N-ethyl adjacent to an activating group) is 1. The Balaban J connectivity index is 1.24. The molecule has 7 rings (SSSR count). The van der Waals surface area contributed by atoms with Gasteiger partial charge in [0, 0.05) is 65.1 Å². The number of anilines is 2. The molecule has 9 heteroatoms. The van der Waals surface area contributed by atoms with E-state index in [1.807, 2.05) is 18.2 Å². The molecule has 0 radical (unpaired) electrons. The number of hydrogen-bond donors (Lipinski definition) is 2. The molecular formula is C27H24BrN5O3. The summed E-state index contributed by atoms with van der Waals surface area (Å²) in [5.41, 5.74) is 6.06. The highest BCUT2D eigenvalue weighted by atomic mass is 79.9. The van der Waals surface area contributed by atoms with E-state index in [2.05, 4.69) is 56.6 Å². The summed E-state index contributed by atoms with van der Waals surface area (Å²) in [6.07, 6.45) is 1.42. The molecule has 1 aliphatic carbocycles. The first kappa shape index (κ1) is 21.8. The summed E-state index contributed by atoms with van der Waals surface area (Å²) in [5, 5.41) is 6.48. The van der Waals surface area contributed by atoms with Crippen LogP contribution in [0.2, 0.25) is 0 Å². The van der Waals surface area contributed by atoms with Gasteiger partial charge >= 0.3 is 6.03 Å². The van der Waals surface area contributed by atoms with Crippen LogP contribution in [0.5, 0.6) is 0 Å². The lowest BCUT2D eigenvalue weighted by atomic mass is 9.78. The van der Waals surface area contributed by atoms with Gasteiger partial charge in [0.2, 0.25) is 5.91 Å². The maximum absolute atomic E-state index is 12.7. The van der Waals surface area contributed by atoms with Crippen LogP contribution in [0, 0.1) is 0 Å². The highest BCUT2D eigenvalue weighted by Gasteiger charge is 2.54. The lowest BCUT2D eigenvalue weighted by molar-refractivity contribution is -0.125. The van der Waals surface area contributed by atoms with E-state index >= 15 is 0 Å². The minimum absolute atomic E-state index is 0.0617. The standard InChI is InChI=1S/C27H24BrN5O3/c1-26-11-20(34)30-18-4-3-5-19(21(18)26)33(13-26)12-16-7-6-14-8-15-9-27(24(35)31-25(36)32(27)2)10-17(15)22(28)23(14)29-16/h3-8H,9-13H2,1-2H3,(H,30,34)(H,31,35,36). The van der Waals surface area contributed by atoms with Crippen molar-refractivity contribution in [2.45, 2.75) is 43.7 Å². The Morgan fingerprint density at radius 2 is 1.92 bits per heavy atom. The second-order valence-electron chi connectivity index (χ2n) is 10.7. The molecule has 4 heterocycles. The third kappa shape index (κ3) is 2.80. The van der Waals surface area contributed by atoms with Crippen LogP contribution < -0.4 is 15.5 Å². The van der Waals surface area contributed by atoms with Gasteiger partial charge in [0.1, 0.15) is 5.54 Å². The summed E-state index contributed by atoms with van der Waals surface area (Å²) in [7, 11) is 1.68. The second-order valence-corrected chi connectivity index (χ2v) is 11.5. The van der Waals surface area contributed by atoms with Crippen LogP contribution in [0.4, 0.5) is 16.2 Å². The van der Waals surface area contributed by atoms with Crippen LogP contribution in [0.1, 0.15) is 35.7 Å². The lowest BCUT2D eigenvalue weighted by Crippen LogP contribution is -2.48. The van der Waals surface area contributed by atoms with E-state index in [9.17, 15) is 14.4 Å². The van der Waals surface area contributed by atoms with Crippen LogP contribution in [0.25, 0.3) is 10.9 Å². The van der Waals surface area contributed by atoms with Gasteiger partial charge in [-0.15, -0.1) is 0 Å². The quantitative estimate of drug-likeness (QED) is 0.479. The number of fused-ring (bicyclic) bond motifs is 2. The Labute approximate surface area is 216 Å². The number of pyridine rings is 1. The predicted octanol–water partition coefficient (Wildman–Crippen LogP) is 3.64. The number of benzene rings is 2. The van der Waals surface area contributed by atoms with Crippen molar-refractivity contribution in [2.24, 2.45) is 0 Å². The third-order valence-corrected chi connectivity index (χ3v) is 9.27. The van der Waals surface area contributed by atoms with Crippen molar-refractivity contribution in [1.29, 1.82) is 0 Å². The van der Waals surface area contributed by atoms with E-state index in [4.69, 9.17) is 4.98 Å². The van der Waals surface area contributed by atoms with Gasteiger partial charge in [-0.05, 0) is 51.3 Å². The number of nitrogens with zero attached hydrogens (tertiary/aromatic N) is 3. The molecule has 4 amide bonds. The fraction of sp³-hybridized carbons (Fsp3) is 0.333. The van der Waals surface area contributed by atoms with E-state index in [1.54, 1.807) is 7.05 Å². The van der Waals surface area contributed by atoms with Crippen molar-refractivity contribution in [3.8, 4) is 0 Å². The molecule has 2 aromatic carbocycles. The van der Waals surface area contributed by atoms with Crippen molar-refractivity contribution in [3.63, 3.8) is 0 Å². The number of aromatic nitrogens is 1. The second kappa shape index (κ2) is 7.06. The van der Waals surface area contributed by atoms with E-state index in [0.717, 1.165) is 50.1 Å². The molecule has 8 nitrogen and oxygen atoms in total. The Kier molecular flexibility index (Phi) is 4.28. The van der Waals surface area contributed by atoms with Crippen LogP contribution in [0.15, 0.2) is 40.9 Å². The van der Waals surface area contributed by atoms with Gasteiger partial charge in [-0.25, -0.2) is 9.78 Å². The monoisotopic (exact) mass is 545 g/mol. The third-order valence-electron chi connectivity index (χ3n) is 8.42. The summed E-state index contributed by atoms with van der Waals surface area (Å²) in [6, 6.07) is 12.0. The highest BCUT2D eigenvalue weighted by Crippen LogP contribution is 2.49. The number of hydrogen-bond acceptors (Lipinski definition) is 5. The molecule has 2 unspecified atom stereocenters. The maximum atomic E-state index is 12.7. The van der Waals surface area contributed by atoms with Gasteiger partial charge < -0.3 is 15.1 Å². The Morgan fingerprint density at radius 1 is 1.08 bits per heavy atom. The van der Waals surface area contributed by atoms with Crippen molar-refractivity contribution in [3.05, 3.63) is 63.3 Å². The van der Waals surface area contributed by atoms with Gasteiger partial charge in [-0.2, -0.15) is 0 Å². The Morgan fingerprint density at radius 3 is 2.69 bits per heavy atom. The number of imide groups is 1. The average Bonchev–Trinajstić information content (AvgIpc) is 3.42. The molecule has 3 aromatic rings. The van der Waals surface area contributed by atoms with Crippen LogP contribution in [-0.4, -0.2) is 46.9 Å². The number of carbonyl (C=O) groups excluding carboxylic acids is 3. The normalized spacial score (nSPS) is 26.0. The predicted molar refractivity (Wildman–Crippen MR) is 139 cm³/mol. The number of nitrogens with one attached hydrogen (secondary N) is 2. The molecule has 1 saturated heterocycles. The number of carbonyl (C=O) groups is 3. The molecule has 1 aromatic heterocycles. The van der Waals surface area contributed by atoms with E-state index in [0.29, 0.717) is 25.8 Å². The first-order chi connectivity index (χ1) is 17.2. The summed E-state index contributed by atoms with van der Waals surface area (Å²) >= 11 is 3.79. The average molecular weight is 546 g/mol. The number of halogens is 1. The van der Waals surface area contributed by atoms with Crippen molar-refractivity contribution < 1.29 is 14.4 Å². The van der Waals surface area contributed by atoms with Gasteiger partial charge in [0.05, 0.1) is 17.8 Å². The van der Waals surface area contributed by atoms with Crippen molar-refractivity contribution >= 4 is 56.1 Å². The van der Waals surface area contributed by atoms with Gasteiger partial charge in [-0.3, -0.25) is 14.9 Å². The molecule has 2 N–H and O–H groups in total. The van der Waals surface area contributed by atoms with Crippen molar-refractivity contribution in [2.75, 3.05) is 23.8 Å². The van der Waals surface area contributed by atoms with Crippen molar-refractivity contribution in [1.82, 2.24) is 15.2 Å². The SMILES string of the molecule is CN1C(=O)NC(=O)C12Cc1cc3ccc(CN4CC5(C)CC(=O)Nc6cccc4c65)nc3c(Br)c1C2. The number of urea groups is 1. The molecule has 0 bridgehead atoms. The van der Waals surface area contributed by atoms with Gasteiger partial charge in [0.15, 0.2) is 0 Å². The highest BCUT2D eigenvalue weighted by molar-refractivity contribution is 9.10. The smallest absolute Gasteiger partial charge is 0.324 e. The van der Waals surface area contributed by atoms with Gasteiger partial charge in [0.25, 0.3) is 5.91 Å². The zero-order valence-corrected chi connectivity index (χ0v) is 21.5. The molecular weight excluding hydrogens is 522 g/mol. The molecule has 36 heavy (non-hydrogen) atoms. The topological polar surface area (TPSA) is 94.6 Å². The molecule has 182 valence electrons. The molecule has 3 aliphatic heterocycles. The minimum atomic E-state index is -0.874. The van der Waals surface area contributed by atoms with E-state index < -0.39 is 5.54 Å². The number of rotatable bonds is 2. The first-order valence-corrected chi connectivity index (χ1v) is 12.9. The summed E-state index contributed by atoms with van der Waals surface area (Å²) in [5.74, 6) is -0.178. The molecule has 4 aliphatic rings. The lowest BCUT2D eigenvalue weighted by Gasteiger charge is -2.30. The molecule has 0 saturated carbocycles. The summed E-state index contributed by atoms with van der Waals surface area (Å²) < 4.78 is 0.885. The first-order valence-electron chi connectivity index (χ1n) is 12.1. The van der Waals surface area contributed by atoms with Crippen LogP contribution in [-0.2, 0) is 34.4 Å². The Hall–Kier alpha value is -3.46. The molecule has 1 fully saturated rings. The van der Waals surface area contributed by atoms with Crippen LogP contribution in [0.3, 0.4) is 0 Å². The van der Waals surface area contributed by atoms with Gasteiger partial charge in [-0.1, -0.05) is 19.1 Å². The van der Waals surface area contributed by atoms with E-state index in [-0.39, 0.29) is 23.3 Å². The Bertz CT molecular complexity index is 1550. The minimum Gasteiger partial charge on any atom is -0.364 e. The zero-order valence-electron chi connectivity index (χ0n) is 19.9. The molecule has 1 spiro atoms. The van der Waals surface area contributed by atoms with Crippen LogP contribution >= 0.6 is 15.9 Å². The maximum Gasteiger partial charge on any atom is 0.324 e. The molecule has 2 atom stereocenters. The largest absolute Gasteiger partial charge is 0.364 e. The fourth-order valence-electron chi connectivity index (χ4n) is 6.67. The number of amides is 4. The fourth-order valence-corrected chi connectivity index (χ4v) is 7.38. The van der Waals surface area contributed by atoms with E-state index in [1.165, 1.54) is 10.5 Å². The summed E-state index contributed by atoms with van der Waals surface area (Å²) in [6.45, 7) is 3.55.